The van der Waals surface area contributed by atoms with E-state index in [4.69, 9.17) is 30.5 Å². The summed E-state index contributed by atoms with van der Waals surface area (Å²) in [6.07, 6.45) is -4.19. The topological polar surface area (TPSA) is 88.1 Å². The molecule has 0 aliphatic carbocycles. The van der Waals surface area contributed by atoms with E-state index in [1.54, 1.807) is 0 Å². The Morgan fingerprint density at radius 2 is 1.58 bits per heavy atom. The molecule has 0 radical (unpaired) electrons. The Hall–Kier alpha value is -1.00. The van der Waals surface area contributed by atoms with Crippen LogP contribution in [-0.4, -0.2) is 53.2 Å². The zero-order chi connectivity index (χ0) is 18.7. The maximum absolute atomic E-state index is 13.7. The van der Waals surface area contributed by atoms with Crippen LogP contribution in [0.1, 0.15) is 20.8 Å². The molecule has 1 fully saturated rings. The van der Waals surface area contributed by atoms with Gasteiger partial charge in [-0.15, -0.1) is 0 Å². The van der Waals surface area contributed by atoms with Crippen LogP contribution in [0.5, 0.6) is 0 Å². The van der Waals surface area contributed by atoms with Crippen LogP contribution in [-0.2, 0) is 33.3 Å². The van der Waals surface area contributed by atoms with Crippen molar-refractivity contribution in [3.63, 3.8) is 0 Å². The van der Waals surface area contributed by atoms with E-state index in [0.717, 1.165) is 20.8 Å². The Balaban J connectivity index is 3.19. The molecule has 1 rings (SSSR count). The normalized spacial score (nSPS) is 30.4. The van der Waals surface area contributed by atoms with Crippen LogP contribution >= 0.6 is 27.5 Å². The van der Waals surface area contributed by atoms with Gasteiger partial charge in [-0.05, 0) is 11.6 Å². The maximum atomic E-state index is 13.7. The van der Waals surface area contributed by atoms with Crippen molar-refractivity contribution in [3.05, 3.63) is 0 Å². The molecule has 0 amide bonds. The van der Waals surface area contributed by atoms with Gasteiger partial charge in [-0.3, -0.25) is 14.4 Å². The fraction of sp³-hybridized carbons (Fsp3) is 0.769. The van der Waals surface area contributed by atoms with Crippen LogP contribution in [0.25, 0.3) is 0 Å². The summed E-state index contributed by atoms with van der Waals surface area (Å²) in [6.45, 7) is 2.79. The molecule has 0 spiro atoms. The van der Waals surface area contributed by atoms with Gasteiger partial charge in [-0.2, -0.15) is 8.78 Å². The number of halogens is 4. The summed E-state index contributed by atoms with van der Waals surface area (Å²) in [6, 6.07) is 0. The molecule has 1 saturated heterocycles. The largest absolute Gasteiger partial charge is 0.463 e. The SMILES string of the molecule is CC(=O)OC[C@H]1O[C@H](Br)[C@H](C(F)(F)Cl)[C@@H](OC(C)=O)[C@@H]1OC(C)=O. The molecule has 0 aromatic carbocycles. The zero-order valence-corrected chi connectivity index (χ0v) is 15.3. The molecule has 7 nitrogen and oxygen atoms in total. The molecule has 0 bridgehead atoms. The number of ether oxygens (including phenoxy) is 4. The first-order chi connectivity index (χ1) is 10.9. The Morgan fingerprint density at radius 1 is 1.08 bits per heavy atom. The van der Waals surface area contributed by atoms with Crippen LogP contribution in [0.4, 0.5) is 8.78 Å². The third-order valence-corrected chi connectivity index (χ3v) is 4.10. The van der Waals surface area contributed by atoms with Crippen molar-refractivity contribution in [2.75, 3.05) is 6.61 Å². The monoisotopic (exact) mass is 436 g/mol. The van der Waals surface area contributed by atoms with E-state index in [-0.39, 0.29) is 0 Å². The van der Waals surface area contributed by atoms with Crippen molar-refractivity contribution >= 4 is 45.4 Å². The number of carbonyl (C=O) groups is 3. The zero-order valence-electron chi connectivity index (χ0n) is 13.0. The van der Waals surface area contributed by atoms with Gasteiger partial charge in [-0.1, -0.05) is 15.9 Å². The van der Waals surface area contributed by atoms with Crippen molar-refractivity contribution < 1.29 is 42.1 Å². The number of alkyl halides is 4. The van der Waals surface area contributed by atoms with Crippen LogP contribution in [0.2, 0.25) is 0 Å². The van der Waals surface area contributed by atoms with E-state index < -0.39 is 59.1 Å². The number of rotatable bonds is 5. The smallest absolute Gasteiger partial charge is 0.331 e. The molecule has 0 unspecified atom stereocenters. The summed E-state index contributed by atoms with van der Waals surface area (Å²) in [5.41, 5.74) is 0. The third-order valence-electron chi connectivity index (χ3n) is 3.06. The van der Waals surface area contributed by atoms with Crippen LogP contribution in [0.15, 0.2) is 0 Å². The first-order valence-electron chi connectivity index (χ1n) is 6.77. The molecule has 5 atom stereocenters. The summed E-state index contributed by atoms with van der Waals surface area (Å²) in [4.78, 5) is 33.6. The molecule has 0 aromatic rings. The maximum Gasteiger partial charge on any atom is 0.331 e. The van der Waals surface area contributed by atoms with Gasteiger partial charge in [0, 0.05) is 20.8 Å². The average molecular weight is 438 g/mol. The van der Waals surface area contributed by atoms with Crippen molar-refractivity contribution in [3.8, 4) is 0 Å². The highest BCUT2D eigenvalue weighted by Gasteiger charge is 2.58. The van der Waals surface area contributed by atoms with E-state index in [1.807, 2.05) is 0 Å². The van der Waals surface area contributed by atoms with Gasteiger partial charge >= 0.3 is 23.3 Å². The molecular formula is C13H16BrClF2O7. The second kappa shape index (κ2) is 8.39. The minimum atomic E-state index is -3.83. The van der Waals surface area contributed by atoms with Gasteiger partial charge in [0.25, 0.3) is 0 Å². The van der Waals surface area contributed by atoms with Gasteiger partial charge < -0.3 is 18.9 Å². The molecule has 0 N–H and O–H groups in total. The fourth-order valence-electron chi connectivity index (χ4n) is 2.23. The molecule has 1 aliphatic heterocycles. The van der Waals surface area contributed by atoms with Crippen molar-refractivity contribution in [2.24, 2.45) is 5.92 Å². The van der Waals surface area contributed by atoms with E-state index >= 15 is 0 Å². The molecule has 1 aliphatic rings. The number of esters is 3. The standard InChI is InChI=1S/C13H16BrClF2O7/c1-5(18)21-4-8-10(22-6(2)19)11(23-7(3)20)9(12(14)24-8)13(15,16)17/h8-12H,4H2,1-3H3/t8-,9-,10-,11-,12+/m1/s1. The number of hydrogen-bond acceptors (Lipinski definition) is 7. The Labute approximate surface area is 150 Å². The highest BCUT2D eigenvalue weighted by molar-refractivity contribution is 9.09. The lowest BCUT2D eigenvalue weighted by molar-refractivity contribution is -0.237. The molecule has 0 saturated carbocycles. The van der Waals surface area contributed by atoms with E-state index in [1.165, 1.54) is 0 Å². The first-order valence-corrected chi connectivity index (χ1v) is 8.07. The lowest BCUT2D eigenvalue weighted by atomic mass is 9.91. The molecule has 11 heteroatoms. The van der Waals surface area contributed by atoms with Gasteiger partial charge in [0.1, 0.15) is 23.6 Å². The Bertz CT molecular complexity index is 499. The third kappa shape index (κ3) is 5.82. The minimum absolute atomic E-state index is 0.395. The predicted octanol–water partition coefficient (Wildman–Crippen LogP) is 1.98. The van der Waals surface area contributed by atoms with Crippen molar-refractivity contribution in [1.82, 2.24) is 0 Å². The summed E-state index contributed by atoms with van der Waals surface area (Å²) < 4.78 is 47.5. The van der Waals surface area contributed by atoms with Crippen LogP contribution in [0.3, 0.4) is 0 Å². The fourth-order valence-corrected chi connectivity index (χ4v) is 3.53. The predicted molar refractivity (Wildman–Crippen MR) is 79.6 cm³/mol. The molecule has 0 aromatic heterocycles. The highest BCUT2D eigenvalue weighted by Crippen LogP contribution is 2.44. The number of carbonyl (C=O) groups excluding carboxylic acids is 3. The summed E-state index contributed by atoms with van der Waals surface area (Å²) in [7, 11) is 0. The van der Waals surface area contributed by atoms with Crippen molar-refractivity contribution in [1.29, 1.82) is 0 Å². The molecular weight excluding hydrogens is 421 g/mol. The molecule has 138 valence electrons. The molecule has 24 heavy (non-hydrogen) atoms. The number of hydrogen-bond donors (Lipinski definition) is 0. The van der Waals surface area contributed by atoms with Gasteiger partial charge in [0.05, 0.1) is 0 Å². The summed E-state index contributed by atoms with van der Waals surface area (Å²) >= 11 is 8.00. The minimum Gasteiger partial charge on any atom is -0.463 e. The van der Waals surface area contributed by atoms with E-state index in [2.05, 4.69) is 15.9 Å². The van der Waals surface area contributed by atoms with Gasteiger partial charge in [0.2, 0.25) is 0 Å². The van der Waals surface area contributed by atoms with Gasteiger partial charge in [-0.25, -0.2) is 0 Å². The quantitative estimate of drug-likeness (QED) is 0.369. The van der Waals surface area contributed by atoms with Gasteiger partial charge in [0.15, 0.2) is 12.2 Å². The second-order valence-electron chi connectivity index (χ2n) is 5.04. The summed E-state index contributed by atoms with van der Waals surface area (Å²) in [5, 5.41) is -5.18. The lowest BCUT2D eigenvalue weighted by Crippen LogP contribution is -2.60. The average Bonchev–Trinajstić information content (AvgIpc) is 2.36. The molecule has 1 heterocycles. The first kappa shape index (κ1) is 21.0. The van der Waals surface area contributed by atoms with E-state index in [9.17, 15) is 23.2 Å². The second-order valence-corrected chi connectivity index (χ2v) is 6.45. The summed E-state index contributed by atoms with van der Waals surface area (Å²) in [5.74, 6) is -4.20. The highest BCUT2D eigenvalue weighted by atomic mass is 79.9. The Morgan fingerprint density at radius 3 is 2.00 bits per heavy atom. The van der Waals surface area contributed by atoms with Crippen LogP contribution < -0.4 is 0 Å². The van der Waals surface area contributed by atoms with Crippen molar-refractivity contribution in [2.45, 2.75) is 49.5 Å². The Kier molecular flexibility index (Phi) is 7.36. The van der Waals surface area contributed by atoms with E-state index in [0.29, 0.717) is 0 Å². The lowest BCUT2D eigenvalue weighted by Gasteiger charge is -2.44. The van der Waals surface area contributed by atoms with Crippen LogP contribution in [0, 0.1) is 5.92 Å².